The number of carbonyl (C=O) groups is 1. The second kappa shape index (κ2) is 5.88. The molecule has 0 spiro atoms. The molecule has 1 aromatic heterocycles. The second-order valence-corrected chi connectivity index (χ2v) is 3.06. The van der Waals surface area contributed by atoms with Crippen molar-refractivity contribution in [3.63, 3.8) is 0 Å². The van der Waals surface area contributed by atoms with E-state index >= 15 is 0 Å². The molecule has 1 aromatic carbocycles. The van der Waals surface area contributed by atoms with Gasteiger partial charge in [0.25, 0.3) is 5.91 Å². The third kappa shape index (κ3) is 3.07. The maximum atomic E-state index is 11.7. The Morgan fingerprint density at radius 3 is 2.44 bits per heavy atom. The van der Waals surface area contributed by atoms with Gasteiger partial charge in [0, 0.05) is 18.1 Å². The molecule has 1 N–H and O–H groups in total. The van der Waals surface area contributed by atoms with E-state index in [2.05, 4.69) is 10.3 Å². The number of amides is 1. The molecular formula is C12H11ClN2O. The van der Waals surface area contributed by atoms with Crippen LogP contribution >= 0.6 is 12.4 Å². The number of carbonyl (C=O) groups excluding carboxylic acids is 1. The van der Waals surface area contributed by atoms with Gasteiger partial charge >= 0.3 is 0 Å². The number of benzene rings is 1. The van der Waals surface area contributed by atoms with E-state index in [0.717, 1.165) is 5.69 Å². The lowest BCUT2D eigenvalue weighted by atomic mass is 10.2. The molecule has 0 saturated heterocycles. The van der Waals surface area contributed by atoms with Crippen LogP contribution in [0, 0.1) is 0 Å². The van der Waals surface area contributed by atoms with Crippen molar-refractivity contribution in [2.45, 2.75) is 0 Å². The fraction of sp³-hybridized carbons (Fsp3) is 0. The van der Waals surface area contributed by atoms with Gasteiger partial charge in [-0.25, -0.2) is 0 Å². The highest BCUT2D eigenvalue weighted by atomic mass is 35.5. The summed E-state index contributed by atoms with van der Waals surface area (Å²) in [6, 6.07) is 12.8. The second-order valence-electron chi connectivity index (χ2n) is 3.06. The number of rotatable bonds is 2. The Morgan fingerprint density at radius 2 is 1.81 bits per heavy atom. The van der Waals surface area contributed by atoms with Gasteiger partial charge in [-0.3, -0.25) is 9.78 Å². The molecular weight excluding hydrogens is 224 g/mol. The molecule has 1 amide bonds. The zero-order valence-corrected chi connectivity index (χ0v) is 9.28. The van der Waals surface area contributed by atoms with E-state index in [1.165, 1.54) is 6.20 Å². The van der Waals surface area contributed by atoms with Gasteiger partial charge in [-0.1, -0.05) is 18.2 Å². The number of aromatic nitrogens is 1. The van der Waals surface area contributed by atoms with Crippen molar-refractivity contribution in [1.29, 1.82) is 0 Å². The summed E-state index contributed by atoms with van der Waals surface area (Å²) in [7, 11) is 0. The van der Waals surface area contributed by atoms with Crippen molar-refractivity contribution in [2.24, 2.45) is 0 Å². The zero-order valence-electron chi connectivity index (χ0n) is 8.46. The van der Waals surface area contributed by atoms with Gasteiger partial charge in [0.05, 0.1) is 5.56 Å². The van der Waals surface area contributed by atoms with Gasteiger partial charge < -0.3 is 5.32 Å². The fourth-order valence-electron chi connectivity index (χ4n) is 1.22. The van der Waals surface area contributed by atoms with E-state index in [0.29, 0.717) is 5.56 Å². The molecule has 0 aliphatic rings. The monoisotopic (exact) mass is 234 g/mol. The van der Waals surface area contributed by atoms with Crippen LogP contribution in [0.3, 0.4) is 0 Å². The third-order valence-electron chi connectivity index (χ3n) is 1.96. The first-order chi connectivity index (χ1) is 7.36. The molecule has 0 radical (unpaired) electrons. The molecule has 1 heterocycles. The smallest absolute Gasteiger partial charge is 0.257 e. The molecule has 0 fully saturated rings. The molecule has 0 saturated carbocycles. The van der Waals surface area contributed by atoms with Gasteiger partial charge in [-0.15, -0.1) is 12.4 Å². The lowest BCUT2D eigenvalue weighted by Gasteiger charge is -2.03. The van der Waals surface area contributed by atoms with Crippen LogP contribution in [0.15, 0.2) is 54.9 Å². The highest BCUT2D eigenvalue weighted by molar-refractivity contribution is 6.03. The van der Waals surface area contributed by atoms with Crippen LogP contribution in [-0.4, -0.2) is 10.9 Å². The van der Waals surface area contributed by atoms with Gasteiger partial charge in [0.15, 0.2) is 0 Å². The maximum absolute atomic E-state index is 11.7. The van der Waals surface area contributed by atoms with Crippen LogP contribution in [0.4, 0.5) is 5.69 Å². The fourth-order valence-corrected chi connectivity index (χ4v) is 1.22. The first-order valence-electron chi connectivity index (χ1n) is 4.63. The van der Waals surface area contributed by atoms with Crippen molar-refractivity contribution in [3.05, 3.63) is 60.4 Å². The Bertz CT molecular complexity index is 445. The number of halogens is 1. The lowest BCUT2D eigenvalue weighted by molar-refractivity contribution is 0.102. The van der Waals surface area contributed by atoms with Crippen molar-refractivity contribution in [2.75, 3.05) is 5.32 Å². The van der Waals surface area contributed by atoms with E-state index < -0.39 is 0 Å². The van der Waals surface area contributed by atoms with Crippen LogP contribution in [0.2, 0.25) is 0 Å². The van der Waals surface area contributed by atoms with Crippen LogP contribution in [0.1, 0.15) is 10.4 Å². The van der Waals surface area contributed by atoms with E-state index in [1.54, 1.807) is 18.3 Å². The number of hydrogen-bond acceptors (Lipinski definition) is 2. The number of pyridine rings is 1. The molecule has 82 valence electrons. The van der Waals surface area contributed by atoms with Crippen LogP contribution in [-0.2, 0) is 0 Å². The average molecular weight is 235 g/mol. The molecule has 0 bridgehead atoms. The molecule has 0 atom stereocenters. The topological polar surface area (TPSA) is 42.0 Å². The summed E-state index contributed by atoms with van der Waals surface area (Å²) < 4.78 is 0. The Hall–Kier alpha value is -1.87. The summed E-state index contributed by atoms with van der Waals surface area (Å²) in [5.74, 6) is -0.144. The first-order valence-corrected chi connectivity index (χ1v) is 4.63. The summed E-state index contributed by atoms with van der Waals surface area (Å²) in [6.07, 6.45) is 3.18. The molecule has 4 heteroatoms. The molecule has 0 aliphatic heterocycles. The Morgan fingerprint density at radius 1 is 1.06 bits per heavy atom. The van der Waals surface area contributed by atoms with Crippen molar-refractivity contribution in [3.8, 4) is 0 Å². The van der Waals surface area contributed by atoms with Crippen molar-refractivity contribution in [1.82, 2.24) is 4.98 Å². The van der Waals surface area contributed by atoms with Gasteiger partial charge in [0.1, 0.15) is 0 Å². The predicted molar refractivity (Wildman–Crippen MR) is 65.9 cm³/mol. The number of hydrogen-bond donors (Lipinski definition) is 1. The minimum Gasteiger partial charge on any atom is -0.322 e. The van der Waals surface area contributed by atoms with Gasteiger partial charge in [0.2, 0.25) is 0 Å². The number of para-hydroxylation sites is 1. The normalized spacial score (nSPS) is 9.00. The standard InChI is InChI=1S/C12H10N2O.ClH/c15-12(10-5-4-8-13-9-10)14-11-6-2-1-3-7-11;/h1-9H,(H,14,15);1H. The van der Waals surface area contributed by atoms with E-state index in [4.69, 9.17) is 0 Å². The van der Waals surface area contributed by atoms with Crippen molar-refractivity contribution < 1.29 is 4.79 Å². The third-order valence-corrected chi connectivity index (χ3v) is 1.96. The Labute approximate surface area is 99.9 Å². The van der Waals surface area contributed by atoms with E-state index in [-0.39, 0.29) is 18.3 Å². The largest absolute Gasteiger partial charge is 0.322 e. The number of nitrogens with zero attached hydrogens (tertiary/aromatic N) is 1. The summed E-state index contributed by atoms with van der Waals surface area (Å²) in [4.78, 5) is 15.5. The molecule has 0 aliphatic carbocycles. The molecule has 2 rings (SSSR count). The quantitative estimate of drug-likeness (QED) is 0.868. The SMILES string of the molecule is Cl.O=C(Nc1ccccc1)c1cccnc1. The summed E-state index contributed by atoms with van der Waals surface area (Å²) in [5, 5.41) is 2.78. The molecule has 2 aromatic rings. The Kier molecular flexibility index (Phi) is 4.48. The summed E-state index contributed by atoms with van der Waals surface area (Å²) >= 11 is 0. The average Bonchev–Trinajstić information content (AvgIpc) is 2.31. The van der Waals surface area contributed by atoms with Gasteiger partial charge in [-0.05, 0) is 24.3 Å². The van der Waals surface area contributed by atoms with E-state index in [1.807, 2.05) is 30.3 Å². The summed E-state index contributed by atoms with van der Waals surface area (Å²) in [6.45, 7) is 0. The minimum atomic E-state index is -0.144. The highest BCUT2D eigenvalue weighted by Gasteiger charge is 2.04. The van der Waals surface area contributed by atoms with E-state index in [9.17, 15) is 4.79 Å². The molecule has 3 nitrogen and oxygen atoms in total. The minimum absolute atomic E-state index is 0. The number of anilines is 1. The molecule has 0 unspecified atom stereocenters. The first kappa shape index (κ1) is 12.2. The zero-order chi connectivity index (χ0) is 10.5. The van der Waals surface area contributed by atoms with Crippen LogP contribution in [0.5, 0.6) is 0 Å². The van der Waals surface area contributed by atoms with Gasteiger partial charge in [-0.2, -0.15) is 0 Å². The lowest BCUT2D eigenvalue weighted by Crippen LogP contribution is -2.11. The predicted octanol–water partition coefficient (Wildman–Crippen LogP) is 2.76. The molecule has 16 heavy (non-hydrogen) atoms. The highest BCUT2D eigenvalue weighted by Crippen LogP contribution is 2.07. The maximum Gasteiger partial charge on any atom is 0.257 e. The van der Waals surface area contributed by atoms with Crippen molar-refractivity contribution >= 4 is 24.0 Å². The van der Waals surface area contributed by atoms with Crippen LogP contribution < -0.4 is 5.32 Å². The summed E-state index contributed by atoms with van der Waals surface area (Å²) in [5.41, 5.74) is 1.34. The number of nitrogens with one attached hydrogen (secondary N) is 1. The van der Waals surface area contributed by atoms with Crippen LogP contribution in [0.25, 0.3) is 0 Å². The Balaban J connectivity index is 0.00000128.